The number of carbonyl (C=O) groups excluding carboxylic acids is 1. The van der Waals surface area contributed by atoms with Crippen LogP contribution in [0.15, 0.2) is 0 Å². The Hall–Kier alpha value is -0.850. The van der Waals surface area contributed by atoms with Gasteiger partial charge in [0.15, 0.2) is 11.4 Å². The van der Waals surface area contributed by atoms with Crippen LogP contribution in [0, 0.1) is 46.8 Å². The molecule has 4 aliphatic carbocycles. The highest BCUT2D eigenvalue weighted by Gasteiger charge is 2.87. The third-order valence-electron chi connectivity index (χ3n) is 14.1. The van der Waals surface area contributed by atoms with Crippen LogP contribution in [0.3, 0.4) is 0 Å². The fraction of sp³-hybridized carbons (Fsp3) is 0.969. The van der Waals surface area contributed by atoms with Crippen molar-refractivity contribution in [3.8, 4) is 0 Å². The molecule has 3 saturated heterocycles. The molecule has 10 heteroatoms. The Morgan fingerprint density at radius 2 is 1.81 bits per heavy atom. The van der Waals surface area contributed by atoms with Crippen molar-refractivity contribution in [3.63, 3.8) is 0 Å². The van der Waals surface area contributed by atoms with Crippen LogP contribution in [0.25, 0.3) is 0 Å². The molecule has 13 unspecified atom stereocenters. The van der Waals surface area contributed by atoms with Gasteiger partial charge in [0.25, 0.3) is 0 Å². The van der Waals surface area contributed by atoms with Crippen LogP contribution in [0.1, 0.15) is 79.6 Å². The Morgan fingerprint density at radius 1 is 1.10 bits per heavy atom. The maximum Gasteiger partial charge on any atom is 0.309 e. The summed E-state index contributed by atoms with van der Waals surface area (Å²) in [5, 5.41) is 71.4. The first kappa shape index (κ1) is 29.8. The van der Waals surface area contributed by atoms with E-state index in [1.54, 1.807) is 13.8 Å². The highest BCUT2D eigenvalue weighted by Crippen LogP contribution is 2.77. The van der Waals surface area contributed by atoms with Gasteiger partial charge in [0, 0.05) is 42.3 Å². The van der Waals surface area contributed by atoms with Gasteiger partial charge in [-0.25, -0.2) is 0 Å². The summed E-state index contributed by atoms with van der Waals surface area (Å²) in [5.41, 5.74) is -4.89. The van der Waals surface area contributed by atoms with Crippen molar-refractivity contribution in [2.45, 2.75) is 133 Å². The number of carbonyl (C=O) groups is 1. The Balaban J connectivity index is 1.42. The number of fused-ring (bicyclic) bond motifs is 5. The number of hydrogen-bond acceptors (Lipinski definition) is 10. The summed E-state index contributed by atoms with van der Waals surface area (Å²) in [6.07, 6.45) is -1.68. The fourth-order valence-corrected chi connectivity index (χ4v) is 12.0. The second-order valence-corrected chi connectivity index (χ2v) is 15.9. The first-order valence-electron chi connectivity index (χ1n) is 16.4. The quantitative estimate of drug-likeness (QED) is 0.258. The van der Waals surface area contributed by atoms with Crippen molar-refractivity contribution >= 4 is 5.97 Å². The minimum absolute atomic E-state index is 0.117. The minimum atomic E-state index is -1.87. The first-order chi connectivity index (χ1) is 19.6. The van der Waals surface area contributed by atoms with E-state index in [4.69, 9.17) is 9.47 Å². The van der Waals surface area contributed by atoms with Crippen LogP contribution in [-0.2, 0) is 14.3 Å². The van der Waals surface area contributed by atoms with Crippen LogP contribution in [-0.4, -0.2) is 108 Å². The molecule has 0 aromatic heterocycles. The van der Waals surface area contributed by atoms with Crippen molar-refractivity contribution < 1.29 is 44.9 Å². The van der Waals surface area contributed by atoms with Gasteiger partial charge in [-0.2, -0.15) is 0 Å². The Bertz CT molecular complexity index is 1140. The van der Waals surface area contributed by atoms with Crippen molar-refractivity contribution in [2.24, 2.45) is 46.8 Å². The molecule has 0 aromatic rings. The lowest BCUT2D eigenvalue weighted by Gasteiger charge is -2.64. The molecule has 0 amide bonds. The summed E-state index contributed by atoms with van der Waals surface area (Å²) in [6.45, 7) is 11.0. The average molecular weight is 594 g/mol. The molecule has 4 bridgehead atoms. The van der Waals surface area contributed by atoms with E-state index in [1.807, 2.05) is 13.8 Å². The van der Waals surface area contributed by atoms with E-state index in [2.05, 4.69) is 11.8 Å². The first-order valence-corrected chi connectivity index (χ1v) is 16.4. The number of piperidine rings is 2. The second-order valence-electron chi connectivity index (χ2n) is 15.9. The molecule has 42 heavy (non-hydrogen) atoms. The van der Waals surface area contributed by atoms with E-state index in [9.17, 15) is 35.4 Å². The maximum absolute atomic E-state index is 13.7. The molecule has 17 atom stereocenters. The zero-order valence-electron chi connectivity index (χ0n) is 25.6. The Morgan fingerprint density at radius 3 is 2.50 bits per heavy atom. The summed E-state index contributed by atoms with van der Waals surface area (Å²) < 4.78 is 13.2. The van der Waals surface area contributed by atoms with Crippen LogP contribution in [0.5, 0.6) is 0 Å². The number of aliphatic hydroxyl groups excluding tert-OH is 4. The summed E-state index contributed by atoms with van der Waals surface area (Å²) in [7, 11) is 0. The van der Waals surface area contributed by atoms with Crippen LogP contribution < -0.4 is 0 Å². The Kier molecular flexibility index (Phi) is 6.48. The van der Waals surface area contributed by atoms with Crippen LogP contribution in [0.2, 0.25) is 0 Å². The summed E-state index contributed by atoms with van der Waals surface area (Å²) >= 11 is 0. The molecule has 7 aliphatic rings. The van der Waals surface area contributed by atoms with E-state index < -0.39 is 88.0 Å². The molecule has 1 spiro atoms. The van der Waals surface area contributed by atoms with Crippen molar-refractivity contribution in [1.82, 2.24) is 4.90 Å². The number of aliphatic hydroxyl groups is 6. The third-order valence-corrected chi connectivity index (χ3v) is 14.1. The van der Waals surface area contributed by atoms with E-state index in [-0.39, 0.29) is 24.8 Å². The zero-order chi connectivity index (χ0) is 30.4. The summed E-state index contributed by atoms with van der Waals surface area (Å²) in [5.74, 6) is -5.49. The molecule has 0 aromatic carbocycles. The van der Waals surface area contributed by atoms with Gasteiger partial charge >= 0.3 is 5.97 Å². The molecule has 7 fully saturated rings. The topological polar surface area (TPSA) is 160 Å². The smallest absolute Gasteiger partial charge is 0.309 e. The van der Waals surface area contributed by atoms with Gasteiger partial charge in [-0.15, -0.1) is 0 Å². The van der Waals surface area contributed by atoms with Gasteiger partial charge in [-0.1, -0.05) is 27.7 Å². The molecular formula is C32H51NO9. The van der Waals surface area contributed by atoms with E-state index in [0.29, 0.717) is 31.7 Å². The number of ether oxygens (including phenoxy) is 2. The number of nitrogens with zero attached hydrogens (tertiary/aromatic N) is 1. The molecule has 6 N–H and O–H groups in total. The van der Waals surface area contributed by atoms with Crippen molar-refractivity contribution in [3.05, 3.63) is 0 Å². The second kappa shape index (κ2) is 9.12. The predicted molar refractivity (Wildman–Crippen MR) is 149 cm³/mol. The van der Waals surface area contributed by atoms with Gasteiger partial charge in [-0.3, -0.25) is 9.69 Å². The van der Waals surface area contributed by atoms with E-state index >= 15 is 0 Å². The molecule has 4 saturated carbocycles. The van der Waals surface area contributed by atoms with E-state index in [1.165, 1.54) is 0 Å². The van der Waals surface area contributed by atoms with Gasteiger partial charge < -0.3 is 40.1 Å². The van der Waals surface area contributed by atoms with Crippen LogP contribution in [0.4, 0.5) is 0 Å². The average Bonchev–Trinajstić information content (AvgIpc) is 3.24. The number of rotatable bonds is 3. The largest absolute Gasteiger partial charge is 0.455 e. The highest BCUT2D eigenvalue weighted by atomic mass is 16.7. The molecule has 238 valence electrons. The lowest BCUT2D eigenvalue weighted by Crippen LogP contribution is -2.77. The highest BCUT2D eigenvalue weighted by molar-refractivity contribution is 5.73. The molecule has 3 heterocycles. The van der Waals surface area contributed by atoms with E-state index in [0.717, 1.165) is 19.4 Å². The molecule has 7 rings (SSSR count). The van der Waals surface area contributed by atoms with Crippen molar-refractivity contribution in [1.29, 1.82) is 0 Å². The lowest BCUT2D eigenvalue weighted by atomic mass is 9.49. The number of esters is 1. The molecule has 10 nitrogen and oxygen atoms in total. The van der Waals surface area contributed by atoms with Gasteiger partial charge in [0.1, 0.15) is 12.2 Å². The maximum atomic E-state index is 13.7. The molecule has 3 aliphatic heterocycles. The molecule has 0 radical (unpaired) electrons. The van der Waals surface area contributed by atoms with Crippen molar-refractivity contribution in [2.75, 3.05) is 13.1 Å². The summed E-state index contributed by atoms with van der Waals surface area (Å²) in [4.78, 5) is 16.0. The predicted octanol–water partition coefficient (Wildman–Crippen LogP) is 0.783. The van der Waals surface area contributed by atoms with Crippen LogP contribution >= 0.6 is 0 Å². The van der Waals surface area contributed by atoms with Gasteiger partial charge in [-0.05, 0) is 63.7 Å². The standard InChI is InChI=1S/C32H51NO9/c1-6-16(3)27(38)41-31-18(12-30-25(31)19(34)11-20-28(30,4)10-9-22(35)32(20,40)42-30)17-14-33-13-15(2)7-8-21(33)29(5,39)23(17)24(36)26(31)37/h15-26,34-37,39-40H,6-14H2,1-5H3/t15?,16?,17?,18?,19-,20?,21?,22?,23?,24?,25?,26+,28?,29-,30?,31+,32?/m1/s1. The SMILES string of the molecule is CCC(C)C(=O)O[C@@]12C(CC34OC5(O)C(O)CCC3(C)C5C[C@@H](O)C41)C1CN3CC(C)CCC3[C@@](C)(O)C1C(O)[C@@H]2O. The fourth-order valence-electron chi connectivity index (χ4n) is 12.0. The van der Waals surface area contributed by atoms with Gasteiger partial charge in [0.05, 0.1) is 35.2 Å². The third kappa shape index (κ3) is 3.31. The minimum Gasteiger partial charge on any atom is -0.455 e. The Labute approximate surface area is 248 Å². The zero-order valence-corrected chi connectivity index (χ0v) is 25.6. The normalized spacial score (nSPS) is 60.6. The summed E-state index contributed by atoms with van der Waals surface area (Å²) in [6, 6.07) is -0.168. The van der Waals surface area contributed by atoms with Gasteiger partial charge in [0.2, 0.25) is 0 Å². The number of hydrogen-bond donors (Lipinski definition) is 6. The molecular weight excluding hydrogens is 542 g/mol. The lowest BCUT2D eigenvalue weighted by molar-refractivity contribution is -0.300. The monoisotopic (exact) mass is 593 g/mol.